The van der Waals surface area contributed by atoms with Crippen molar-refractivity contribution in [3.8, 4) is 0 Å². The SMILES string of the molecule is Cl.Clc1ccc(N2C[C@@H]3CCN[C@@H]3C2)cn1. The van der Waals surface area contributed by atoms with Gasteiger partial charge in [0.2, 0.25) is 0 Å². The summed E-state index contributed by atoms with van der Waals surface area (Å²) in [6.07, 6.45) is 3.17. The second-order valence-electron chi connectivity index (χ2n) is 4.35. The summed E-state index contributed by atoms with van der Waals surface area (Å²) in [5, 5.41) is 4.11. The molecule has 1 N–H and O–H groups in total. The summed E-state index contributed by atoms with van der Waals surface area (Å²) in [4.78, 5) is 6.51. The number of fused-ring (bicyclic) bond motifs is 1. The van der Waals surface area contributed by atoms with E-state index in [1.165, 1.54) is 18.7 Å². The van der Waals surface area contributed by atoms with Crippen LogP contribution in [0.2, 0.25) is 5.15 Å². The number of anilines is 1. The van der Waals surface area contributed by atoms with Crippen LogP contribution in [0.1, 0.15) is 6.42 Å². The number of aromatic nitrogens is 1. The van der Waals surface area contributed by atoms with Gasteiger partial charge < -0.3 is 10.2 Å². The molecule has 0 aromatic carbocycles. The summed E-state index contributed by atoms with van der Waals surface area (Å²) >= 11 is 5.77. The Morgan fingerprint density at radius 2 is 2.25 bits per heavy atom. The van der Waals surface area contributed by atoms with Crippen LogP contribution < -0.4 is 10.2 Å². The van der Waals surface area contributed by atoms with E-state index >= 15 is 0 Å². The van der Waals surface area contributed by atoms with Gasteiger partial charge in [0, 0.05) is 19.1 Å². The molecule has 0 radical (unpaired) electrons. The van der Waals surface area contributed by atoms with Crippen LogP contribution in [-0.4, -0.2) is 30.7 Å². The highest BCUT2D eigenvalue weighted by atomic mass is 35.5. The number of pyridine rings is 1. The van der Waals surface area contributed by atoms with Crippen LogP contribution in [0.15, 0.2) is 18.3 Å². The predicted octanol–water partition coefficient (Wildman–Crippen LogP) is 1.95. The Morgan fingerprint density at radius 1 is 1.38 bits per heavy atom. The lowest BCUT2D eigenvalue weighted by molar-refractivity contribution is 0.556. The van der Waals surface area contributed by atoms with E-state index in [-0.39, 0.29) is 12.4 Å². The fourth-order valence-corrected chi connectivity index (χ4v) is 2.73. The van der Waals surface area contributed by atoms with Crippen molar-refractivity contribution in [2.45, 2.75) is 12.5 Å². The Hall–Kier alpha value is -0.510. The van der Waals surface area contributed by atoms with E-state index in [4.69, 9.17) is 11.6 Å². The lowest BCUT2D eigenvalue weighted by atomic mass is 10.1. The summed E-state index contributed by atoms with van der Waals surface area (Å²) in [5.41, 5.74) is 1.19. The van der Waals surface area contributed by atoms with Gasteiger partial charge in [-0.15, -0.1) is 12.4 Å². The van der Waals surface area contributed by atoms with Crippen LogP contribution in [0, 0.1) is 5.92 Å². The zero-order valence-corrected chi connectivity index (χ0v) is 10.5. The van der Waals surface area contributed by atoms with Crippen LogP contribution in [0.3, 0.4) is 0 Å². The van der Waals surface area contributed by atoms with Gasteiger partial charge in [-0.2, -0.15) is 0 Å². The van der Waals surface area contributed by atoms with E-state index in [1.807, 2.05) is 12.3 Å². The Morgan fingerprint density at radius 3 is 2.94 bits per heavy atom. The Balaban J connectivity index is 0.000000963. The number of nitrogens with one attached hydrogen (secondary N) is 1. The summed E-state index contributed by atoms with van der Waals surface area (Å²) in [6, 6.07) is 4.59. The van der Waals surface area contributed by atoms with E-state index in [9.17, 15) is 0 Å². The molecule has 2 saturated heterocycles. The van der Waals surface area contributed by atoms with Crippen molar-refractivity contribution >= 4 is 29.7 Å². The van der Waals surface area contributed by atoms with Crippen molar-refractivity contribution in [2.24, 2.45) is 5.92 Å². The summed E-state index contributed by atoms with van der Waals surface area (Å²) < 4.78 is 0. The van der Waals surface area contributed by atoms with E-state index in [0.29, 0.717) is 11.2 Å². The normalized spacial score (nSPS) is 27.7. The first-order valence-corrected chi connectivity index (χ1v) is 5.80. The molecule has 88 valence electrons. The molecule has 16 heavy (non-hydrogen) atoms. The van der Waals surface area contributed by atoms with Gasteiger partial charge in [0.05, 0.1) is 11.9 Å². The third kappa shape index (κ3) is 2.12. The molecule has 2 fully saturated rings. The highest BCUT2D eigenvalue weighted by molar-refractivity contribution is 6.29. The molecule has 0 saturated carbocycles. The van der Waals surface area contributed by atoms with Crippen molar-refractivity contribution in [2.75, 3.05) is 24.5 Å². The Kier molecular flexibility index (Phi) is 3.57. The summed E-state index contributed by atoms with van der Waals surface area (Å²) in [5.74, 6) is 0.820. The number of hydrogen-bond donors (Lipinski definition) is 1. The third-order valence-electron chi connectivity index (χ3n) is 3.44. The zero-order valence-electron chi connectivity index (χ0n) is 8.90. The highest BCUT2D eigenvalue weighted by Crippen LogP contribution is 2.28. The fourth-order valence-electron chi connectivity index (χ4n) is 2.62. The molecule has 2 aliphatic rings. The van der Waals surface area contributed by atoms with Crippen molar-refractivity contribution in [1.82, 2.24) is 10.3 Å². The molecule has 3 nitrogen and oxygen atoms in total. The average molecular weight is 260 g/mol. The first kappa shape index (κ1) is 12.0. The maximum absolute atomic E-state index is 5.77. The van der Waals surface area contributed by atoms with Gasteiger partial charge in [-0.05, 0) is 31.0 Å². The quantitative estimate of drug-likeness (QED) is 0.782. The van der Waals surface area contributed by atoms with E-state index in [1.54, 1.807) is 0 Å². The minimum absolute atomic E-state index is 0. The molecule has 0 spiro atoms. The van der Waals surface area contributed by atoms with E-state index < -0.39 is 0 Å². The first-order valence-electron chi connectivity index (χ1n) is 5.43. The zero-order chi connectivity index (χ0) is 10.3. The van der Waals surface area contributed by atoms with Gasteiger partial charge in [-0.1, -0.05) is 11.6 Å². The van der Waals surface area contributed by atoms with Gasteiger partial charge in [0.15, 0.2) is 0 Å². The molecule has 1 aromatic heterocycles. The van der Waals surface area contributed by atoms with Crippen LogP contribution >= 0.6 is 24.0 Å². The molecule has 3 rings (SSSR count). The average Bonchev–Trinajstić information content (AvgIpc) is 2.78. The van der Waals surface area contributed by atoms with Crippen LogP contribution in [0.4, 0.5) is 5.69 Å². The van der Waals surface area contributed by atoms with Gasteiger partial charge >= 0.3 is 0 Å². The molecular formula is C11H15Cl2N3. The molecule has 0 amide bonds. The minimum atomic E-state index is 0. The second-order valence-corrected chi connectivity index (χ2v) is 4.74. The monoisotopic (exact) mass is 259 g/mol. The maximum Gasteiger partial charge on any atom is 0.129 e. The number of rotatable bonds is 1. The number of nitrogens with zero attached hydrogens (tertiary/aromatic N) is 2. The third-order valence-corrected chi connectivity index (χ3v) is 3.66. The van der Waals surface area contributed by atoms with Crippen molar-refractivity contribution in [3.63, 3.8) is 0 Å². The molecule has 1 aromatic rings. The largest absolute Gasteiger partial charge is 0.368 e. The lowest BCUT2D eigenvalue weighted by Gasteiger charge is -2.18. The molecular weight excluding hydrogens is 245 g/mol. The molecule has 2 atom stereocenters. The smallest absolute Gasteiger partial charge is 0.129 e. The minimum Gasteiger partial charge on any atom is -0.368 e. The standard InChI is InChI=1S/C11H14ClN3.ClH/c12-11-2-1-9(5-14-11)15-6-8-3-4-13-10(8)7-15;/h1-2,5,8,10,13H,3-4,6-7H2;1H/t8-,10+;/m0./s1. The van der Waals surface area contributed by atoms with Gasteiger partial charge in [-0.3, -0.25) is 0 Å². The van der Waals surface area contributed by atoms with E-state index in [2.05, 4.69) is 21.3 Å². The lowest BCUT2D eigenvalue weighted by Crippen LogP contribution is -2.30. The Labute approximate surface area is 107 Å². The van der Waals surface area contributed by atoms with Crippen molar-refractivity contribution in [1.29, 1.82) is 0 Å². The Bertz CT molecular complexity index is 343. The van der Waals surface area contributed by atoms with E-state index in [0.717, 1.165) is 19.0 Å². The molecule has 0 unspecified atom stereocenters. The predicted molar refractivity (Wildman–Crippen MR) is 68.6 cm³/mol. The topological polar surface area (TPSA) is 28.2 Å². The molecule has 3 heterocycles. The van der Waals surface area contributed by atoms with Crippen LogP contribution in [0.5, 0.6) is 0 Å². The maximum atomic E-state index is 5.77. The van der Waals surface area contributed by atoms with Crippen LogP contribution in [0.25, 0.3) is 0 Å². The van der Waals surface area contributed by atoms with Gasteiger partial charge in [0.25, 0.3) is 0 Å². The van der Waals surface area contributed by atoms with Gasteiger partial charge in [0.1, 0.15) is 5.15 Å². The highest BCUT2D eigenvalue weighted by Gasteiger charge is 2.35. The number of hydrogen-bond acceptors (Lipinski definition) is 3. The summed E-state index contributed by atoms with van der Waals surface area (Å²) in [6.45, 7) is 3.44. The first-order chi connectivity index (χ1) is 7.33. The molecule has 2 aliphatic heterocycles. The van der Waals surface area contributed by atoms with Crippen LogP contribution in [-0.2, 0) is 0 Å². The molecule has 0 bridgehead atoms. The summed E-state index contributed by atoms with van der Waals surface area (Å²) in [7, 11) is 0. The fraction of sp³-hybridized carbons (Fsp3) is 0.545. The number of halogens is 2. The second kappa shape index (κ2) is 4.78. The molecule has 5 heteroatoms. The van der Waals surface area contributed by atoms with Crippen molar-refractivity contribution in [3.05, 3.63) is 23.5 Å². The molecule has 0 aliphatic carbocycles. The van der Waals surface area contributed by atoms with Gasteiger partial charge in [-0.25, -0.2) is 4.98 Å². The van der Waals surface area contributed by atoms with Crippen molar-refractivity contribution < 1.29 is 0 Å².